The average molecular weight is 365 g/mol. The van der Waals surface area contributed by atoms with E-state index >= 15 is 0 Å². The Labute approximate surface area is 156 Å². The van der Waals surface area contributed by atoms with E-state index in [1.807, 2.05) is 56.3 Å². The minimum atomic E-state index is -3.56. The van der Waals surface area contributed by atoms with Crippen molar-refractivity contribution in [2.75, 3.05) is 13.1 Å². The highest BCUT2D eigenvalue weighted by Crippen LogP contribution is 2.27. The van der Waals surface area contributed by atoms with Crippen LogP contribution in [0.15, 0.2) is 65.1 Å². The van der Waals surface area contributed by atoms with Gasteiger partial charge in [0.25, 0.3) is 0 Å². The molecular weight excluding hydrogens is 342 g/mol. The molecule has 134 valence electrons. The van der Waals surface area contributed by atoms with Crippen LogP contribution in [0.2, 0.25) is 0 Å². The number of nitrogens with zero attached hydrogens (tertiary/aromatic N) is 1. The maximum atomic E-state index is 13.0. The summed E-state index contributed by atoms with van der Waals surface area (Å²) < 4.78 is 27.4. The summed E-state index contributed by atoms with van der Waals surface area (Å²) in [5, 5.41) is 0. The largest absolute Gasteiger partial charge is 0.244 e. The SMILES string of the molecule is Cc1ccc(C#CCN(CC=C2CC2)S(=O)(=O)c2ccc(C)cc2)cc1. The zero-order valence-electron chi connectivity index (χ0n) is 15.2. The van der Waals surface area contributed by atoms with Gasteiger partial charge in [0.2, 0.25) is 10.0 Å². The van der Waals surface area contributed by atoms with Gasteiger partial charge in [0, 0.05) is 12.1 Å². The van der Waals surface area contributed by atoms with Gasteiger partial charge in [0.1, 0.15) is 0 Å². The molecule has 0 amide bonds. The molecule has 0 unspecified atom stereocenters. The van der Waals surface area contributed by atoms with Crippen molar-refractivity contribution in [3.05, 3.63) is 76.9 Å². The minimum Gasteiger partial charge on any atom is -0.207 e. The molecule has 0 aliphatic heterocycles. The molecule has 2 aromatic rings. The van der Waals surface area contributed by atoms with Crippen molar-refractivity contribution in [1.82, 2.24) is 4.31 Å². The molecule has 0 saturated heterocycles. The molecule has 3 rings (SSSR count). The lowest BCUT2D eigenvalue weighted by atomic mass is 10.2. The van der Waals surface area contributed by atoms with Gasteiger partial charge in [0.05, 0.1) is 11.4 Å². The predicted octanol–water partition coefficient (Wildman–Crippen LogP) is 4.07. The lowest BCUT2D eigenvalue weighted by Crippen LogP contribution is -2.31. The second-order valence-electron chi connectivity index (χ2n) is 6.64. The third kappa shape index (κ3) is 4.85. The van der Waals surface area contributed by atoms with Gasteiger partial charge in [-0.2, -0.15) is 4.31 Å². The maximum absolute atomic E-state index is 13.0. The summed E-state index contributed by atoms with van der Waals surface area (Å²) in [5.74, 6) is 6.08. The van der Waals surface area contributed by atoms with Crippen LogP contribution in [0.1, 0.15) is 29.5 Å². The topological polar surface area (TPSA) is 37.4 Å². The van der Waals surface area contributed by atoms with E-state index in [1.165, 1.54) is 15.4 Å². The zero-order valence-corrected chi connectivity index (χ0v) is 16.0. The molecule has 1 saturated carbocycles. The van der Waals surface area contributed by atoms with Gasteiger partial charge in [-0.1, -0.05) is 58.9 Å². The van der Waals surface area contributed by atoms with Gasteiger partial charge in [-0.15, -0.1) is 0 Å². The van der Waals surface area contributed by atoms with Crippen molar-refractivity contribution in [3.63, 3.8) is 0 Å². The first-order valence-corrected chi connectivity index (χ1v) is 10.2. The third-order valence-electron chi connectivity index (χ3n) is 4.32. The van der Waals surface area contributed by atoms with Gasteiger partial charge in [-0.05, 0) is 51.0 Å². The highest BCUT2D eigenvalue weighted by atomic mass is 32.2. The molecular formula is C22H23NO2S. The van der Waals surface area contributed by atoms with Crippen molar-refractivity contribution in [2.24, 2.45) is 0 Å². The van der Waals surface area contributed by atoms with E-state index in [4.69, 9.17) is 0 Å². The smallest absolute Gasteiger partial charge is 0.207 e. The highest BCUT2D eigenvalue weighted by Gasteiger charge is 2.23. The van der Waals surface area contributed by atoms with Crippen molar-refractivity contribution < 1.29 is 8.42 Å². The van der Waals surface area contributed by atoms with Crippen molar-refractivity contribution >= 4 is 10.0 Å². The molecule has 4 heteroatoms. The molecule has 0 spiro atoms. The second-order valence-corrected chi connectivity index (χ2v) is 8.58. The molecule has 26 heavy (non-hydrogen) atoms. The van der Waals surface area contributed by atoms with Crippen molar-refractivity contribution in [2.45, 2.75) is 31.6 Å². The first-order chi connectivity index (χ1) is 12.4. The number of sulfonamides is 1. The predicted molar refractivity (Wildman–Crippen MR) is 105 cm³/mol. The van der Waals surface area contributed by atoms with E-state index < -0.39 is 10.0 Å². The molecule has 0 atom stereocenters. The Morgan fingerprint density at radius 1 is 0.962 bits per heavy atom. The standard InChI is InChI=1S/C22H23NO2S/c1-18-5-9-20(10-6-18)4-3-16-23(17-15-21-11-12-21)26(24,25)22-13-7-19(2)8-14-22/h5-10,13-15H,11-12,16-17H2,1-2H3. The van der Waals surface area contributed by atoms with Crippen LogP contribution in [0.25, 0.3) is 0 Å². The van der Waals surface area contributed by atoms with Crippen LogP contribution in [0.3, 0.4) is 0 Å². The van der Waals surface area contributed by atoms with E-state index in [1.54, 1.807) is 12.1 Å². The maximum Gasteiger partial charge on any atom is 0.244 e. The van der Waals surface area contributed by atoms with Crippen LogP contribution in [0.5, 0.6) is 0 Å². The molecule has 2 aromatic carbocycles. The van der Waals surface area contributed by atoms with Crippen LogP contribution in [-0.2, 0) is 10.0 Å². The first-order valence-electron chi connectivity index (χ1n) is 8.75. The summed E-state index contributed by atoms with van der Waals surface area (Å²) in [6.45, 7) is 4.51. The molecule has 3 nitrogen and oxygen atoms in total. The Bertz CT molecular complexity index is 954. The molecule has 1 aliphatic rings. The van der Waals surface area contributed by atoms with Crippen LogP contribution in [-0.4, -0.2) is 25.8 Å². The summed E-state index contributed by atoms with van der Waals surface area (Å²) >= 11 is 0. The summed E-state index contributed by atoms with van der Waals surface area (Å²) in [6.07, 6.45) is 4.17. The molecule has 0 radical (unpaired) electrons. The Morgan fingerprint density at radius 3 is 2.12 bits per heavy atom. The molecule has 1 fully saturated rings. The minimum absolute atomic E-state index is 0.174. The summed E-state index contributed by atoms with van der Waals surface area (Å²) in [7, 11) is -3.56. The fourth-order valence-electron chi connectivity index (χ4n) is 2.48. The number of aryl methyl sites for hydroxylation is 2. The van der Waals surface area contributed by atoms with Crippen LogP contribution in [0, 0.1) is 25.7 Å². The molecule has 0 aromatic heterocycles. The fraction of sp³-hybridized carbons (Fsp3) is 0.273. The Balaban J connectivity index is 1.81. The van der Waals surface area contributed by atoms with E-state index in [0.717, 1.165) is 24.0 Å². The van der Waals surface area contributed by atoms with Gasteiger partial charge < -0.3 is 0 Å². The van der Waals surface area contributed by atoms with Crippen molar-refractivity contribution in [3.8, 4) is 11.8 Å². The van der Waals surface area contributed by atoms with Gasteiger partial charge in [-0.3, -0.25) is 0 Å². The first kappa shape index (κ1) is 18.4. The van der Waals surface area contributed by atoms with Crippen LogP contribution >= 0.6 is 0 Å². The number of allylic oxidation sites excluding steroid dienone is 1. The average Bonchev–Trinajstić information content (AvgIpc) is 3.44. The lowest BCUT2D eigenvalue weighted by Gasteiger charge is -2.18. The summed E-state index contributed by atoms with van der Waals surface area (Å²) in [4.78, 5) is 0.314. The summed E-state index contributed by atoms with van der Waals surface area (Å²) in [5.41, 5.74) is 4.43. The monoisotopic (exact) mass is 365 g/mol. The molecule has 0 N–H and O–H groups in total. The number of hydrogen-bond donors (Lipinski definition) is 0. The van der Waals surface area contributed by atoms with Crippen molar-refractivity contribution in [1.29, 1.82) is 0 Å². The van der Waals surface area contributed by atoms with E-state index in [2.05, 4.69) is 11.8 Å². The van der Waals surface area contributed by atoms with E-state index in [0.29, 0.717) is 11.4 Å². The van der Waals surface area contributed by atoms with Gasteiger partial charge in [-0.25, -0.2) is 8.42 Å². The highest BCUT2D eigenvalue weighted by molar-refractivity contribution is 7.89. The molecule has 0 bridgehead atoms. The Morgan fingerprint density at radius 2 is 1.54 bits per heavy atom. The Kier molecular flexibility index (Phi) is 5.61. The number of hydrogen-bond acceptors (Lipinski definition) is 2. The quantitative estimate of drug-likeness (QED) is 0.592. The zero-order chi connectivity index (χ0) is 18.6. The van der Waals surface area contributed by atoms with Crippen LogP contribution < -0.4 is 0 Å². The summed E-state index contributed by atoms with van der Waals surface area (Å²) in [6, 6.07) is 14.9. The number of benzene rings is 2. The molecule has 1 aliphatic carbocycles. The van der Waals surface area contributed by atoms with Gasteiger partial charge in [0.15, 0.2) is 0 Å². The van der Waals surface area contributed by atoms with Crippen LogP contribution in [0.4, 0.5) is 0 Å². The van der Waals surface area contributed by atoms with E-state index in [-0.39, 0.29) is 6.54 Å². The fourth-order valence-corrected chi connectivity index (χ4v) is 3.76. The normalized spacial score (nSPS) is 13.3. The number of rotatable bonds is 5. The molecule has 0 heterocycles. The Hall–Kier alpha value is -2.35. The van der Waals surface area contributed by atoms with E-state index in [9.17, 15) is 8.42 Å². The van der Waals surface area contributed by atoms with Gasteiger partial charge >= 0.3 is 0 Å². The lowest BCUT2D eigenvalue weighted by molar-refractivity contribution is 0.478. The second kappa shape index (κ2) is 7.90. The third-order valence-corrected chi connectivity index (χ3v) is 6.15.